The summed E-state index contributed by atoms with van der Waals surface area (Å²) in [4.78, 5) is 4.09. The van der Waals surface area contributed by atoms with Crippen molar-refractivity contribution in [3.63, 3.8) is 0 Å². The van der Waals surface area contributed by atoms with E-state index in [2.05, 4.69) is 36.3 Å². The number of nitrogens with one attached hydrogen (secondary N) is 1. The smallest absolute Gasteiger partial charge is 0.0270 e. The summed E-state index contributed by atoms with van der Waals surface area (Å²) < 4.78 is 0. The topological polar surface area (TPSA) is 24.9 Å². The molecule has 1 aromatic heterocycles. The van der Waals surface area contributed by atoms with Gasteiger partial charge in [-0.1, -0.05) is 20.3 Å². The normalized spacial score (nSPS) is 25.9. The Morgan fingerprint density at radius 1 is 1.31 bits per heavy atom. The molecule has 1 aromatic rings. The molecule has 2 heterocycles. The van der Waals surface area contributed by atoms with Gasteiger partial charge in [0.2, 0.25) is 0 Å². The first-order valence-electron chi connectivity index (χ1n) is 6.37. The molecule has 2 rings (SSSR count). The van der Waals surface area contributed by atoms with Crippen molar-refractivity contribution in [2.24, 2.45) is 5.92 Å². The maximum atomic E-state index is 4.09. The average Bonchev–Trinajstić information content (AvgIpc) is 2.31. The largest absolute Gasteiger partial charge is 0.311 e. The Hall–Kier alpha value is -0.890. The molecule has 1 fully saturated rings. The van der Waals surface area contributed by atoms with Crippen LogP contribution in [0.3, 0.4) is 0 Å². The number of hydrogen-bond acceptors (Lipinski definition) is 2. The summed E-state index contributed by atoms with van der Waals surface area (Å²) >= 11 is 0. The predicted octanol–water partition coefficient (Wildman–Crippen LogP) is 2.79. The molecule has 0 spiro atoms. The van der Waals surface area contributed by atoms with Gasteiger partial charge in [0.05, 0.1) is 0 Å². The van der Waals surface area contributed by atoms with Gasteiger partial charge in [0, 0.05) is 17.9 Å². The Morgan fingerprint density at radius 2 is 2.06 bits per heavy atom. The van der Waals surface area contributed by atoms with Crippen LogP contribution in [0.15, 0.2) is 24.5 Å². The van der Waals surface area contributed by atoms with Crippen molar-refractivity contribution in [2.45, 2.75) is 45.1 Å². The van der Waals surface area contributed by atoms with Crippen LogP contribution in [0.1, 0.15) is 38.7 Å². The Morgan fingerprint density at radius 3 is 2.62 bits per heavy atom. The molecule has 1 unspecified atom stereocenters. The van der Waals surface area contributed by atoms with Crippen molar-refractivity contribution < 1.29 is 0 Å². The van der Waals surface area contributed by atoms with Crippen LogP contribution in [0.4, 0.5) is 0 Å². The van der Waals surface area contributed by atoms with Crippen LogP contribution >= 0.6 is 0 Å². The quantitative estimate of drug-likeness (QED) is 0.844. The third-order valence-corrected chi connectivity index (χ3v) is 3.90. The summed E-state index contributed by atoms with van der Waals surface area (Å²) in [5, 5.41) is 3.76. The van der Waals surface area contributed by atoms with E-state index in [-0.39, 0.29) is 0 Å². The number of rotatable bonds is 3. The molecule has 0 bridgehead atoms. The summed E-state index contributed by atoms with van der Waals surface area (Å²) in [6, 6.07) is 4.28. The standard InChI is InChI=1S/C14H22N2/c1-12(2)14(7-3-4-8-16-14)11-13-5-9-15-10-6-13/h5-6,9-10,12,16H,3-4,7-8,11H2,1-2H3. The zero-order valence-electron chi connectivity index (χ0n) is 10.4. The molecule has 0 aliphatic carbocycles. The maximum absolute atomic E-state index is 4.09. The number of aromatic nitrogens is 1. The summed E-state index contributed by atoms with van der Waals surface area (Å²) in [7, 11) is 0. The highest BCUT2D eigenvalue weighted by atomic mass is 15.0. The summed E-state index contributed by atoms with van der Waals surface area (Å²) in [6.45, 7) is 5.84. The van der Waals surface area contributed by atoms with Gasteiger partial charge in [0.1, 0.15) is 0 Å². The van der Waals surface area contributed by atoms with Gasteiger partial charge in [-0.25, -0.2) is 0 Å². The lowest BCUT2D eigenvalue weighted by atomic mass is 9.75. The Labute approximate surface area is 98.5 Å². The van der Waals surface area contributed by atoms with E-state index in [4.69, 9.17) is 0 Å². The Bertz CT molecular complexity index is 313. The molecule has 1 aliphatic heterocycles. The first-order chi connectivity index (χ1) is 7.73. The van der Waals surface area contributed by atoms with E-state index in [9.17, 15) is 0 Å². The molecular weight excluding hydrogens is 196 g/mol. The number of hydrogen-bond donors (Lipinski definition) is 1. The lowest BCUT2D eigenvalue weighted by molar-refractivity contribution is 0.182. The summed E-state index contributed by atoms with van der Waals surface area (Å²) in [5.41, 5.74) is 1.71. The third-order valence-electron chi connectivity index (χ3n) is 3.90. The minimum absolute atomic E-state index is 0.305. The first-order valence-corrected chi connectivity index (χ1v) is 6.37. The van der Waals surface area contributed by atoms with Gasteiger partial charge in [0.25, 0.3) is 0 Å². The number of pyridine rings is 1. The fraction of sp³-hybridized carbons (Fsp3) is 0.643. The lowest BCUT2D eigenvalue weighted by Gasteiger charge is -2.42. The Balaban J connectivity index is 2.14. The van der Waals surface area contributed by atoms with Crippen molar-refractivity contribution in [1.29, 1.82) is 0 Å². The van der Waals surface area contributed by atoms with Crippen LogP contribution in [-0.2, 0) is 6.42 Å². The molecular formula is C14H22N2. The predicted molar refractivity (Wildman–Crippen MR) is 67.4 cm³/mol. The minimum Gasteiger partial charge on any atom is -0.311 e. The van der Waals surface area contributed by atoms with E-state index in [0.717, 1.165) is 6.42 Å². The molecule has 1 N–H and O–H groups in total. The number of nitrogens with zero attached hydrogens (tertiary/aromatic N) is 1. The molecule has 2 nitrogen and oxygen atoms in total. The first kappa shape index (κ1) is 11.6. The second-order valence-corrected chi connectivity index (χ2v) is 5.23. The van der Waals surface area contributed by atoms with E-state index >= 15 is 0 Å². The molecule has 1 aliphatic rings. The monoisotopic (exact) mass is 218 g/mol. The second kappa shape index (κ2) is 4.96. The molecule has 0 aromatic carbocycles. The zero-order valence-corrected chi connectivity index (χ0v) is 10.4. The van der Waals surface area contributed by atoms with E-state index < -0.39 is 0 Å². The van der Waals surface area contributed by atoms with E-state index in [1.54, 1.807) is 0 Å². The van der Waals surface area contributed by atoms with Crippen molar-refractivity contribution in [3.8, 4) is 0 Å². The average molecular weight is 218 g/mol. The lowest BCUT2D eigenvalue weighted by Crippen LogP contribution is -2.54. The van der Waals surface area contributed by atoms with Crippen molar-refractivity contribution in [1.82, 2.24) is 10.3 Å². The molecule has 0 amide bonds. The van der Waals surface area contributed by atoms with Crippen LogP contribution in [0.5, 0.6) is 0 Å². The maximum Gasteiger partial charge on any atom is 0.0270 e. The third kappa shape index (κ3) is 2.43. The SMILES string of the molecule is CC(C)C1(Cc2ccncc2)CCCCN1. The van der Waals surface area contributed by atoms with E-state index in [1.807, 2.05) is 12.4 Å². The van der Waals surface area contributed by atoms with Crippen molar-refractivity contribution >= 4 is 0 Å². The fourth-order valence-electron chi connectivity index (χ4n) is 2.70. The van der Waals surface area contributed by atoms with Crippen molar-refractivity contribution in [2.75, 3.05) is 6.54 Å². The molecule has 0 saturated carbocycles. The summed E-state index contributed by atoms with van der Waals surface area (Å²) in [5.74, 6) is 0.681. The fourth-order valence-corrected chi connectivity index (χ4v) is 2.70. The van der Waals surface area contributed by atoms with Crippen LogP contribution in [0.2, 0.25) is 0 Å². The van der Waals surface area contributed by atoms with Gasteiger partial charge >= 0.3 is 0 Å². The Kier molecular flexibility index (Phi) is 3.59. The van der Waals surface area contributed by atoms with Crippen LogP contribution in [0, 0.1) is 5.92 Å². The highest BCUT2D eigenvalue weighted by molar-refractivity contribution is 5.15. The van der Waals surface area contributed by atoms with Crippen molar-refractivity contribution in [3.05, 3.63) is 30.1 Å². The van der Waals surface area contributed by atoms with Gasteiger partial charge in [0.15, 0.2) is 0 Å². The van der Waals surface area contributed by atoms with Gasteiger partial charge < -0.3 is 5.32 Å². The van der Waals surface area contributed by atoms with Gasteiger partial charge in [-0.15, -0.1) is 0 Å². The van der Waals surface area contributed by atoms with E-state index in [0.29, 0.717) is 11.5 Å². The molecule has 16 heavy (non-hydrogen) atoms. The van der Waals surface area contributed by atoms with Gasteiger partial charge in [-0.2, -0.15) is 0 Å². The summed E-state index contributed by atoms with van der Waals surface area (Å²) in [6.07, 6.45) is 8.90. The molecule has 2 heteroatoms. The molecule has 88 valence electrons. The second-order valence-electron chi connectivity index (χ2n) is 5.23. The zero-order chi connectivity index (χ0) is 11.4. The number of piperidine rings is 1. The molecule has 1 atom stereocenters. The van der Waals surface area contributed by atoms with Crippen LogP contribution < -0.4 is 5.32 Å². The van der Waals surface area contributed by atoms with Crippen LogP contribution in [-0.4, -0.2) is 17.1 Å². The van der Waals surface area contributed by atoms with Crippen LogP contribution in [0.25, 0.3) is 0 Å². The minimum atomic E-state index is 0.305. The highest BCUT2D eigenvalue weighted by Gasteiger charge is 2.34. The van der Waals surface area contributed by atoms with E-state index in [1.165, 1.54) is 31.4 Å². The van der Waals surface area contributed by atoms with Gasteiger partial charge in [-0.05, 0) is 49.4 Å². The van der Waals surface area contributed by atoms with Gasteiger partial charge in [-0.3, -0.25) is 4.98 Å². The highest BCUT2D eigenvalue weighted by Crippen LogP contribution is 2.30. The molecule has 0 radical (unpaired) electrons. The molecule has 1 saturated heterocycles.